The van der Waals surface area contributed by atoms with Gasteiger partial charge in [-0.15, -0.1) is 0 Å². The van der Waals surface area contributed by atoms with Crippen LogP contribution in [0.2, 0.25) is 0 Å². The van der Waals surface area contributed by atoms with Crippen LogP contribution in [0.5, 0.6) is 5.75 Å². The number of nitrogens with zero attached hydrogens (tertiary/aromatic N) is 2. The first-order valence-electron chi connectivity index (χ1n) is 7.97. The van der Waals surface area contributed by atoms with Crippen molar-refractivity contribution >= 4 is 0 Å². The molecular formula is C18H28N2O. The largest absolute Gasteiger partial charge is 0.494 e. The molecule has 1 atom stereocenters. The Morgan fingerprint density at radius 3 is 2.38 bits per heavy atom. The van der Waals surface area contributed by atoms with Crippen LogP contribution in [0.25, 0.3) is 0 Å². The zero-order valence-corrected chi connectivity index (χ0v) is 13.9. The van der Waals surface area contributed by atoms with Crippen molar-refractivity contribution in [3.8, 4) is 11.8 Å². The second kappa shape index (κ2) is 8.69. The maximum atomic E-state index is 9.72. The quantitative estimate of drug-likeness (QED) is 0.688. The van der Waals surface area contributed by atoms with Crippen LogP contribution < -0.4 is 4.74 Å². The van der Waals surface area contributed by atoms with E-state index in [0.717, 1.165) is 43.7 Å². The number of nitriles is 1. The fraction of sp³-hybridized carbons (Fsp3) is 0.611. The van der Waals surface area contributed by atoms with Crippen molar-refractivity contribution in [2.45, 2.75) is 52.5 Å². The van der Waals surface area contributed by atoms with E-state index in [0.29, 0.717) is 6.61 Å². The summed E-state index contributed by atoms with van der Waals surface area (Å²) in [7, 11) is 0. The Morgan fingerprint density at radius 2 is 1.86 bits per heavy atom. The Labute approximate surface area is 129 Å². The smallest absolute Gasteiger partial charge is 0.119 e. The summed E-state index contributed by atoms with van der Waals surface area (Å²) in [6.45, 7) is 10.9. The van der Waals surface area contributed by atoms with Gasteiger partial charge < -0.3 is 4.74 Å². The van der Waals surface area contributed by atoms with E-state index in [-0.39, 0.29) is 0 Å². The normalized spacial score (nSPS) is 13.7. The summed E-state index contributed by atoms with van der Waals surface area (Å²) in [6, 6.07) is 10.6. The molecule has 0 aliphatic rings. The molecule has 1 aromatic carbocycles. The summed E-state index contributed by atoms with van der Waals surface area (Å²) in [5.41, 5.74) is 0.693. The second-order valence-electron chi connectivity index (χ2n) is 5.63. The maximum absolute atomic E-state index is 9.72. The third kappa shape index (κ3) is 5.06. The van der Waals surface area contributed by atoms with Crippen LogP contribution in [-0.4, -0.2) is 30.1 Å². The third-order valence-electron chi connectivity index (χ3n) is 3.68. The van der Waals surface area contributed by atoms with Crippen molar-refractivity contribution in [1.82, 2.24) is 4.90 Å². The molecule has 0 aliphatic carbocycles. The molecule has 3 heteroatoms. The first-order chi connectivity index (χ1) is 10.1. The number of benzene rings is 1. The molecule has 0 N–H and O–H groups in total. The SMILES string of the molecule is CCCN(CCC)C(C)(C#N)Cc1cccc(OCC)c1. The monoisotopic (exact) mass is 288 g/mol. The van der Waals surface area contributed by atoms with Crippen molar-refractivity contribution in [3.05, 3.63) is 29.8 Å². The van der Waals surface area contributed by atoms with Gasteiger partial charge in [-0.2, -0.15) is 5.26 Å². The van der Waals surface area contributed by atoms with Crippen LogP contribution in [0.3, 0.4) is 0 Å². The van der Waals surface area contributed by atoms with Crippen molar-refractivity contribution in [3.63, 3.8) is 0 Å². The lowest BCUT2D eigenvalue weighted by Gasteiger charge is -2.36. The Morgan fingerprint density at radius 1 is 1.19 bits per heavy atom. The van der Waals surface area contributed by atoms with Crippen molar-refractivity contribution in [2.24, 2.45) is 0 Å². The van der Waals surface area contributed by atoms with Gasteiger partial charge >= 0.3 is 0 Å². The van der Waals surface area contributed by atoms with Crippen molar-refractivity contribution in [2.75, 3.05) is 19.7 Å². The molecule has 0 fully saturated rings. The molecule has 1 aromatic rings. The van der Waals surface area contributed by atoms with E-state index in [9.17, 15) is 5.26 Å². The first kappa shape index (κ1) is 17.5. The number of ether oxygens (including phenoxy) is 1. The van der Waals surface area contributed by atoms with Crippen LogP contribution in [0.4, 0.5) is 0 Å². The third-order valence-corrected chi connectivity index (χ3v) is 3.68. The topological polar surface area (TPSA) is 36.3 Å². The summed E-state index contributed by atoms with van der Waals surface area (Å²) >= 11 is 0. The molecule has 3 nitrogen and oxygen atoms in total. The van der Waals surface area contributed by atoms with Gasteiger partial charge in [0.1, 0.15) is 11.3 Å². The fourth-order valence-corrected chi connectivity index (χ4v) is 2.68. The van der Waals surface area contributed by atoms with E-state index >= 15 is 0 Å². The number of rotatable bonds is 9. The Kier molecular flexibility index (Phi) is 7.25. The minimum atomic E-state index is -0.461. The molecule has 0 radical (unpaired) electrons. The Balaban J connectivity index is 2.93. The maximum Gasteiger partial charge on any atom is 0.119 e. The Hall–Kier alpha value is -1.53. The van der Waals surface area contributed by atoms with Crippen LogP contribution in [-0.2, 0) is 6.42 Å². The van der Waals surface area contributed by atoms with Gasteiger partial charge in [-0.25, -0.2) is 0 Å². The summed E-state index contributed by atoms with van der Waals surface area (Å²) < 4.78 is 5.55. The highest BCUT2D eigenvalue weighted by atomic mass is 16.5. The second-order valence-corrected chi connectivity index (χ2v) is 5.63. The zero-order valence-electron chi connectivity index (χ0n) is 13.9. The molecule has 0 saturated heterocycles. The lowest BCUT2D eigenvalue weighted by Crippen LogP contribution is -2.47. The molecule has 0 bridgehead atoms. The highest BCUT2D eigenvalue weighted by Crippen LogP contribution is 2.23. The molecule has 21 heavy (non-hydrogen) atoms. The minimum Gasteiger partial charge on any atom is -0.494 e. The van der Waals surface area contributed by atoms with Gasteiger partial charge in [0.2, 0.25) is 0 Å². The first-order valence-corrected chi connectivity index (χ1v) is 7.97. The van der Waals surface area contributed by atoms with Gasteiger partial charge in [-0.3, -0.25) is 4.90 Å². The molecule has 0 amide bonds. The van der Waals surface area contributed by atoms with Crippen LogP contribution in [0.1, 0.15) is 46.1 Å². The molecule has 0 spiro atoms. The van der Waals surface area contributed by atoms with Gasteiger partial charge in [-0.05, 0) is 57.5 Å². The van der Waals surface area contributed by atoms with Crippen LogP contribution >= 0.6 is 0 Å². The predicted octanol–water partition coefficient (Wildman–Crippen LogP) is 4.03. The van der Waals surface area contributed by atoms with E-state index in [4.69, 9.17) is 4.74 Å². The van der Waals surface area contributed by atoms with Gasteiger partial charge in [0, 0.05) is 6.42 Å². The van der Waals surface area contributed by atoms with E-state index in [2.05, 4.69) is 36.9 Å². The molecule has 1 unspecified atom stereocenters. The standard InChI is InChI=1S/C18H28N2O/c1-5-11-20(12-6-2)18(4,15-19)14-16-9-8-10-17(13-16)21-7-3/h8-10,13H,5-7,11-12,14H2,1-4H3. The number of hydrogen-bond donors (Lipinski definition) is 0. The molecule has 0 heterocycles. The van der Waals surface area contributed by atoms with Crippen molar-refractivity contribution in [1.29, 1.82) is 5.26 Å². The highest BCUT2D eigenvalue weighted by molar-refractivity contribution is 5.31. The summed E-state index contributed by atoms with van der Waals surface area (Å²) in [5, 5.41) is 9.72. The fourth-order valence-electron chi connectivity index (χ4n) is 2.68. The van der Waals surface area contributed by atoms with E-state index < -0.39 is 5.54 Å². The van der Waals surface area contributed by atoms with Crippen molar-refractivity contribution < 1.29 is 4.74 Å². The van der Waals surface area contributed by atoms with Crippen LogP contribution in [0, 0.1) is 11.3 Å². The minimum absolute atomic E-state index is 0.461. The molecule has 0 aliphatic heterocycles. The molecule has 116 valence electrons. The number of hydrogen-bond acceptors (Lipinski definition) is 3. The summed E-state index contributed by atoms with van der Waals surface area (Å²) in [5.74, 6) is 0.882. The lowest BCUT2D eigenvalue weighted by molar-refractivity contribution is 0.151. The zero-order chi connectivity index (χ0) is 15.7. The summed E-state index contributed by atoms with van der Waals surface area (Å²) in [6.07, 6.45) is 2.86. The summed E-state index contributed by atoms with van der Waals surface area (Å²) in [4.78, 5) is 2.31. The van der Waals surface area contributed by atoms with Gasteiger partial charge in [0.15, 0.2) is 0 Å². The van der Waals surface area contributed by atoms with Gasteiger partial charge in [-0.1, -0.05) is 26.0 Å². The van der Waals surface area contributed by atoms with Gasteiger partial charge in [0.25, 0.3) is 0 Å². The van der Waals surface area contributed by atoms with Crippen LogP contribution in [0.15, 0.2) is 24.3 Å². The molecule has 0 aromatic heterocycles. The average molecular weight is 288 g/mol. The predicted molar refractivity (Wildman–Crippen MR) is 87.5 cm³/mol. The molecule has 0 saturated carbocycles. The van der Waals surface area contributed by atoms with E-state index in [1.54, 1.807) is 0 Å². The van der Waals surface area contributed by atoms with Gasteiger partial charge in [0.05, 0.1) is 12.7 Å². The van der Waals surface area contributed by atoms with E-state index in [1.165, 1.54) is 0 Å². The molecule has 1 rings (SSSR count). The lowest BCUT2D eigenvalue weighted by atomic mass is 9.91. The average Bonchev–Trinajstić information content (AvgIpc) is 2.47. The molecular weight excluding hydrogens is 260 g/mol. The van der Waals surface area contributed by atoms with E-state index in [1.807, 2.05) is 26.0 Å². The Bertz CT molecular complexity index is 461. The highest BCUT2D eigenvalue weighted by Gasteiger charge is 2.31.